The molecular formula is C13H14O2. The fraction of sp³-hybridized carbons (Fsp3) is 0.231. The number of hydrogen-bond acceptors (Lipinski definition) is 2. The minimum atomic E-state index is -1.20. The van der Waals surface area contributed by atoms with E-state index in [1.54, 1.807) is 19.1 Å². The van der Waals surface area contributed by atoms with E-state index in [0.717, 1.165) is 5.56 Å². The quantitative estimate of drug-likeness (QED) is 0.712. The van der Waals surface area contributed by atoms with Crippen LogP contribution in [0.3, 0.4) is 0 Å². The molecule has 0 fully saturated rings. The normalized spacial score (nSPS) is 14.3. The Kier molecular flexibility index (Phi) is 4.11. The summed E-state index contributed by atoms with van der Waals surface area (Å²) >= 11 is 0. The summed E-state index contributed by atoms with van der Waals surface area (Å²) in [6.45, 7) is 1.34. The summed E-state index contributed by atoms with van der Waals surface area (Å²) in [6.07, 6.45) is 3.40. The standard InChI is InChI=1S/C13H14O2/c1-13(15,9-5-11-14)10-8-12-6-3-2-4-7-12/h2-4,6-8,10,14-15H,11H2,1H3/b10-8+. The lowest BCUT2D eigenvalue weighted by atomic mass is 10.1. The Morgan fingerprint density at radius 3 is 2.60 bits per heavy atom. The zero-order chi connectivity index (χ0) is 11.1. The van der Waals surface area contributed by atoms with Gasteiger partial charge in [-0.25, -0.2) is 0 Å². The highest BCUT2D eigenvalue weighted by Crippen LogP contribution is 2.08. The van der Waals surface area contributed by atoms with Crippen LogP contribution in [0.15, 0.2) is 36.4 Å². The molecule has 1 aromatic rings. The predicted molar refractivity (Wildman–Crippen MR) is 61.0 cm³/mol. The molecule has 0 radical (unpaired) electrons. The lowest BCUT2D eigenvalue weighted by Gasteiger charge is -2.09. The van der Waals surface area contributed by atoms with Gasteiger partial charge in [0.1, 0.15) is 12.2 Å². The minimum Gasteiger partial charge on any atom is -0.384 e. The van der Waals surface area contributed by atoms with Gasteiger partial charge in [0.15, 0.2) is 0 Å². The molecule has 1 atom stereocenters. The maximum absolute atomic E-state index is 9.74. The highest BCUT2D eigenvalue weighted by molar-refractivity contribution is 5.51. The highest BCUT2D eigenvalue weighted by atomic mass is 16.3. The van der Waals surface area contributed by atoms with E-state index >= 15 is 0 Å². The van der Waals surface area contributed by atoms with Gasteiger partial charge in [-0.1, -0.05) is 48.2 Å². The van der Waals surface area contributed by atoms with Crippen LogP contribution in [0.1, 0.15) is 12.5 Å². The molecule has 2 N–H and O–H groups in total. The zero-order valence-corrected chi connectivity index (χ0v) is 8.64. The predicted octanol–water partition coefficient (Wildman–Crippen LogP) is 1.45. The van der Waals surface area contributed by atoms with Crippen molar-refractivity contribution in [1.29, 1.82) is 0 Å². The van der Waals surface area contributed by atoms with E-state index in [2.05, 4.69) is 11.8 Å². The molecule has 2 nitrogen and oxygen atoms in total. The zero-order valence-electron chi connectivity index (χ0n) is 8.64. The van der Waals surface area contributed by atoms with Crippen LogP contribution in [0, 0.1) is 11.8 Å². The maximum Gasteiger partial charge on any atom is 0.141 e. The smallest absolute Gasteiger partial charge is 0.141 e. The van der Waals surface area contributed by atoms with Gasteiger partial charge in [-0.3, -0.25) is 0 Å². The van der Waals surface area contributed by atoms with Crippen molar-refractivity contribution < 1.29 is 10.2 Å². The van der Waals surface area contributed by atoms with Gasteiger partial charge in [-0.2, -0.15) is 0 Å². The molecule has 1 aromatic carbocycles. The summed E-state index contributed by atoms with van der Waals surface area (Å²) in [6, 6.07) is 9.65. The number of rotatable bonds is 2. The van der Waals surface area contributed by atoms with E-state index in [0.29, 0.717) is 0 Å². The average molecular weight is 202 g/mol. The molecule has 15 heavy (non-hydrogen) atoms. The van der Waals surface area contributed by atoms with Crippen LogP contribution in [-0.2, 0) is 0 Å². The van der Waals surface area contributed by atoms with E-state index < -0.39 is 5.60 Å². The molecule has 0 amide bonds. The second kappa shape index (κ2) is 5.35. The SMILES string of the molecule is CC(O)(C#CCO)/C=C/c1ccccc1. The Hall–Kier alpha value is -1.56. The van der Waals surface area contributed by atoms with Crippen molar-refractivity contribution in [3.05, 3.63) is 42.0 Å². The summed E-state index contributed by atoms with van der Waals surface area (Å²) in [4.78, 5) is 0. The lowest BCUT2D eigenvalue weighted by Crippen LogP contribution is -2.17. The van der Waals surface area contributed by atoms with Gasteiger partial charge in [0, 0.05) is 0 Å². The molecule has 0 spiro atoms. The van der Waals surface area contributed by atoms with Gasteiger partial charge in [0.2, 0.25) is 0 Å². The van der Waals surface area contributed by atoms with E-state index in [9.17, 15) is 5.11 Å². The van der Waals surface area contributed by atoms with Crippen LogP contribution in [-0.4, -0.2) is 22.4 Å². The van der Waals surface area contributed by atoms with Crippen LogP contribution in [0.25, 0.3) is 6.08 Å². The number of aliphatic hydroxyl groups is 2. The molecule has 2 heteroatoms. The summed E-state index contributed by atoms with van der Waals surface area (Å²) in [5.41, 5.74) is -0.193. The van der Waals surface area contributed by atoms with Crippen LogP contribution in [0.2, 0.25) is 0 Å². The first-order valence-electron chi connectivity index (χ1n) is 4.71. The van der Waals surface area contributed by atoms with Crippen molar-refractivity contribution >= 4 is 6.08 Å². The van der Waals surface area contributed by atoms with Gasteiger partial charge < -0.3 is 10.2 Å². The Bertz CT molecular complexity index is 380. The van der Waals surface area contributed by atoms with Crippen molar-refractivity contribution in [2.45, 2.75) is 12.5 Å². The molecule has 1 unspecified atom stereocenters. The molecular weight excluding hydrogens is 188 g/mol. The summed E-state index contributed by atoms with van der Waals surface area (Å²) < 4.78 is 0. The molecule has 1 rings (SSSR count). The molecule has 78 valence electrons. The maximum atomic E-state index is 9.74. The molecule has 0 heterocycles. The van der Waals surface area contributed by atoms with Crippen molar-refractivity contribution in [3.63, 3.8) is 0 Å². The van der Waals surface area contributed by atoms with E-state index in [1.165, 1.54) is 0 Å². The second-order valence-corrected chi connectivity index (χ2v) is 3.35. The number of aliphatic hydroxyl groups excluding tert-OH is 1. The largest absolute Gasteiger partial charge is 0.384 e. The molecule has 0 saturated heterocycles. The summed E-state index contributed by atoms with van der Waals surface area (Å²) in [5.74, 6) is 4.98. The third kappa shape index (κ3) is 4.46. The van der Waals surface area contributed by atoms with Crippen LogP contribution >= 0.6 is 0 Å². The Balaban J connectivity index is 2.73. The molecule has 0 aliphatic rings. The van der Waals surface area contributed by atoms with Crippen molar-refractivity contribution in [1.82, 2.24) is 0 Å². The third-order valence-corrected chi connectivity index (χ3v) is 1.82. The van der Waals surface area contributed by atoms with Gasteiger partial charge in [0.05, 0.1) is 0 Å². The Labute approximate surface area is 89.9 Å². The molecule has 0 bridgehead atoms. The fourth-order valence-corrected chi connectivity index (χ4v) is 1.08. The van der Waals surface area contributed by atoms with Crippen molar-refractivity contribution in [3.8, 4) is 11.8 Å². The molecule has 0 aromatic heterocycles. The molecule has 0 aliphatic heterocycles. The summed E-state index contributed by atoms with van der Waals surface area (Å²) in [5, 5.41) is 18.2. The number of benzene rings is 1. The van der Waals surface area contributed by atoms with Gasteiger partial charge in [0.25, 0.3) is 0 Å². The van der Waals surface area contributed by atoms with Gasteiger partial charge in [-0.05, 0) is 18.6 Å². The Morgan fingerprint density at radius 1 is 1.33 bits per heavy atom. The molecule has 0 saturated carbocycles. The Morgan fingerprint density at radius 2 is 2.00 bits per heavy atom. The second-order valence-electron chi connectivity index (χ2n) is 3.35. The first-order chi connectivity index (χ1) is 7.14. The van der Waals surface area contributed by atoms with Crippen molar-refractivity contribution in [2.75, 3.05) is 6.61 Å². The first-order valence-corrected chi connectivity index (χ1v) is 4.71. The van der Waals surface area contributed by atoms with Gasteiger partial charge in [-0.15, -0.1) is 0 Å². The van der Waals surface area contributed by atoms with E-state index in [-0.39, 0.29) is 6.61 Å². The monoisotopic (exact) mass is 202 g/mol. The summed E-state index contributed by atoms with van der Waals surface area (Å²) in [7, 11) is 0. The topological polar surface area (TPSA) is 40.5 Å². The van der Waals surface area contributed by atoms with Crippen LogP contribution in [0.4, 0.5) is 0 Å². The number of hydrogen-bond donors (Lipinski definition) is 2. The van der Waals surface area contributed by atoms with Crippen molar-refractivity contribution in [2.24, 2.45) is 0 Å². The highest BCUT2D eigenvalue weighted by Gasteiger charge is 2.10. The van der Waals surface area contributed by atoms with Crippen LogP contribution in [0.5, 0.6) is 0 Å². The minimum absolute atomic E-state index is 0.241. The van der Waals surface area contributed by atoms with Crippen LogP contribution < -0.4 is 0 Å². The lowest BCUT2D eigenvalue weighted by molar-refractivity contribution is 0.175. The first kappa shape index (κ1) is 11.5. The fourth-order valence-electron chi connectivity index (χ4n) is 1.08. The van der Waals surface area contributed by atoms with E-state index in [4.69, 9.17) is 5.11 Å². The average Bonchev–Trinajstić information content (AvgIpc) is 2.25. The van der Waals surface area contributed by atoms with Gasteiger partial charge >= 0.3 is 0 Å². The third-order valence-electron chi connectivity index (χ3n) is 1.82. The molecule has 0 aliphatic carbocycles. The van der Waals surface area contributed by atoms with E-state index in [1.807, 2.05) is 30.3 Å².